The number of hydrogen-bond donors (Lipinski definition) is 0. The van der Waals surface area contributed by atoms with Gasteiger partial charge in [-0.1, -0.05) is 54.1 Å². The van der Waals surface area contributed by atoms with Gasteiger partial charge in [-0.05, 0) is 42.0 Å². The van der Waals surface area contributed by atoms with Crippen molar-refractivity contribution in [1.82, 2.24) is 9.80 Å². The lowest BCUT2D eigenvalue weighted by molar-refractivity contribution is 0.0533. The topological polar surface area (TPSA) is 49.9 Å². The van der Waals surface area contributed by atoms with Gasteiger partial charge in [0.1, 0.15) is 12.4 Å². The van der Waals surface area contributed by atoms with Gasteiger partial charge in [-0.2, -0.15) is 0 Å². The Morgan fingerprint density at radius 3 is 2.00 bits per heavy atom. The van der Waals surface area contributed by atoms with Gasteiger partial charge in [-0.25, -0.2) is 0 Å². The van der Waals surface area contributed by atoms with Crippen LogP contribution in [0.25, 0.3) is 0 Å². The van der Waals surface area contributed by atoms with Crippen molar-refractivity contribution in [3.8, 4) is 5.75 Å². The summed E-state index contributed by atoms with van der Waals surface area (Å²) in [5.74, 6) is 0.461. The van der Waals surface area contributed by atoms with Gasteiger partial charge < -0.3 is 14.5 Å². The third-order valence-electron chi connectivity index (χ3n) is 5.30. The highest BCUT2D eigenvalue weighted by Gasteiger charge is 2.26. The Hall–Kier alpha value is -3.31. The van der Waals surface area contributed by atoms with E-state index in [1.54, 1.807) is 21.9 Å². The second-order valence-electron chi connectivity index (χ2n) is 7.36. The second-order valence-corrected chi connectivity index (χ2v) is 7.80. The molecule has 1 saturated heterocycles. The van der Waals surface area contributed by atoms with Crippen LogP contribution in [0.4, 0.5) is 0 Å². The summed E-state index contributed by atoms with van der Waals surface area (Å²) in [6.45, 7) is 2.34. The maximum absolute atomic E-state index is 13.1. The summed E-state index contributed by atoms with van der Waals surface area (Å²) < 4.78 is 5.94. The lowest BCUT2D eigenvalue weighted by Crippen LogP contribution is -2.50. The molecule has 0 aromatic heterocycles. The molecule has 0 atom stereocenters. The molecule has 0 aliphatic carbocycles. The maximum atomic E-state index is 13.1. The van der Waals surface area contributed by atoms with Gasteiger partial charge in [0, 0.05) is 36.8 Å². The third kappa shape index (κ3) is 5.06. The summed E-state index contributed by atoms with van der Waals surface area (Å²) in [6.07, 6.45) is 0. The zero-order valence-corrected chi connectivity index (χ0v) is 17.8. The van der Waals surface area contributed by atoms with Gasteiger partial charge in [0.15, 0.2) is 0 Å². The SMILES string of the molecule is O=C(c1ccccc1)N1CCN(C(=O)c2ccccc2OCc2ccc(Cl)cc2)CC1. The number of ether oxygens (including phenoxy) is 1. The molecule has 0 radical (unpaired) electrons. The van der Waals surface area contributed by atoms with Crippen molar-refractivity contribution in [2.45, 2.75) is 6.61 Å². The summed E-state index contributed by atoms with van der Waals surface area (Å²) in [4.78, 5) is 29.4. The zero-order chi connectivity index (χ0) is 21.6. The average molecular weight is 435 g/mol. The predicted octanol–water partition coefficient (Wildman–Crippen LogP) is 4.52. The van der Waals surface area contributed by atoms with Gasteiger partial charge in [-0.3, -0.25) is 9.59 Å². The molecule has 3 aromatic rings. The van der Waals surface area contributed by atoms with Crippen LogP contribution in [0, 0.1) is 0 Å². The fourth-order valence-electron chi connectivity index (χ4n) is 3.56. The maximum Gasteiger partial charge on any atom is 0.257 e. The number of halogens is 1. The Morgan fingerprint density at radius 2 is 1.32 bits per heavy atom. The molecular formula is C25H23ClN2O3. The van der Waals surface area contributed by atoms with Crippen LogP contribution in [0.2, 0.25) is 5.02 Å². The van der Waals surface area contributed by atoms with Crippen molar-refractivity contribution < 1.29 is 14.3 Å². The molecule has 2 amide bonds. The first-order valence-electron chi connectivity index (χ1n) is 10.2. The number of carbonyl (C=O) groups is 2. The van der Waals surface area contributed by atoms with Crippen molar-refractivity contribution in [3.63, 3.8) is 0 Å². The minimum atomic E-state index is -0.0847. The highest BCUT2D eigenvalue weighted by molar-refractivity contribution is 6.30. The van der Waals surface area contributed by atoms with E-state index in [1.165, 1.54) is 0 Å². The molecule has 0 saturated carbocycles. The molecule has 1 aliphatic heterocycles. The lowest BCUT2D eigenvalue weighted by Gasteiger charge is -2.35. The van der Waals surface area contributed by atoms with Crippen LogP contribution in [0.5, 0.6) is 5.75 Å². The summed E-state index contributed by atoms with van der Waals surface area (Å²) in [6, 6.07) is 23.9. The number of piperazine rings is 1. The first-order chi connectivity index (χ1) is 15.1. The van der Waals surface area contributed by atoms with Crippen LogP contribution < -0.4 is 4.74 Å². The number of amides is 2. The Labute approximate surface area is 186 Å². The predicted molar refractivity (Wildman–Crippen MR) is 120 cm³/mol. The van der Waals surface area contributed by atoms with E-state index in [2.05, 4.69) is 0 Å². The molecule has 5 nitrogen and oxygen atoms in total. The first kappa shape index (κ1) is 20.9. The number of hydrogen-bond acceptors (Lipinski definition) is 3. The molecule has 0 spiro atoms. The van der Waals surface area contributed by atoms with E-state index in [1.807, 2.05) is 66.7 Å². The Kier molecular flexibility index (Phi) is 6.53. The van der Waals surface area contributed by atoms with E-state index in [0.29, 0.717) is 54.7 Å². The van der Waals surface area contributed by atoms with E-state index in [4.69, 9.17) is 16.3 Å². The summed E-state index contributed by atoms with van der Waals surface area (Å²) >= 11 is 5.93. The van der Waals surface area contributed by atoms with Gasteiger partial charge >= 0.3 is 0 Å². The van der Waals surface area contributed by atoms with Gasteiger partial charge in [0.2, 0.25) is 0 Å². The normalized spacial score (nSPS) is 13.7. The van der Waals surface area contributed by atoms with Crippen LogP contribution in [0.1, 0.15) is 26.3 Å². The van der Waals surface area contributed by atoms with Crippen molar-refractivity contribution in [2.24, 2.45) is 0 Å². The summed E-state index contributed by atoms with van der Waals surface area (Å²) in [7, 11) is 0. The quantitative estimate of drug-likeness (QED) is 0.593. The minimum absolute atomic E-state index is 0.000558. The standard InChI is InChI=1S/C25H23ClN2O3/c26-21-12-10-19(11-13-21)18-31-23-9-5-4-8-22(23)25(30)28-16-14-27(15-17-28)24(29)20-6-2-1-3-7-20/h1-13H,14-18H2. The highest BCUT2D eigenvalue weighted by atomic mass is 35.5. The van der Waals surface area contributed by atoms with Gasteiger partial charge in [0.25, 0.3) is 11.8 Å². The fourth-order valence-corrected chi connectivity index (χ4v) is 3.68. The molecule has 1 fully saturated rings. The second kappa shape index (κ2) is 9.67. The molecule has 0 N–H and O–H groups in total. The molecule has 1 heterocycles. The Bertz CT molecular complexity index is 1050. The van der Waals surface area contributed by atoms with Crippen LogP contribution in [-0.4, -0.2) is 47.8 Å². The molecule has 0 unspecified atom stereocenters. The van der Waals surface area contributed by atoms with E-state index in [0.717, 1.165) is 5.56 Å². The van der Waals surface area contributed by atoms with Crippen molar-refractivity contribution in [3.05, 3.63) is 101 Å². The molecule has 0 bridgehead atoms. The largest absolute Gasteiger partial charge is 0.488 e. The van der Waals surface area contributed by atoms with Crippen molar-refractivity contribution >= 4 is 23.4 Å². The van der Waals surface area contributed by atoms with Gasteiger partial charge in [-0.15, -0.1) is 0 Å². The Balaban J connectivity index is 1.39. The van der Waals surface area contributed by atoms with Crippen molar-refractivity contribution in [1.29, 1.82) is 0 Å². The molecule has 31 heavy (non-hydrogen) atoms. The monoisotopic (exact) mass is 434 g/mol. The smallest absolute Gasteiger partial charge is 0.257 e. The van der Waals surface area contributed by atoms with Crippen LogP contribution in [0.3, 0.4) is 0 Å². The van der Waals surface area contributed by atoms with Crippen LogP contribution >= 0.6 is 11.6 Å². The summed E-state index contributed by atoms with van der Waals surface area (Å²) in [5, 5.41) is 0.671. The van der Waals surface area contributed by atoms with E-state index in [-0.39, 0.29) is 11.8 Å². The minimum Gasteiger partial charge on any atom is -0.488 e. The first-order valence-corrected chi connectivity index (χ1v) is 10.6. The zero-order valence-electron chi connectivity index (χ0n) is 17.0. The van der Waals surface area contributed by atoms with Crippen molar-refractivity contribution in [2.75, 3.05) is 26.2 Å². The van der Waals surface area contributed by atoms with Crippen LogP contribution in [-0.2, 0) is 6.61 Å². The van der Waals surface area contributed by atoms with E-state index in [9.17, 15) is 9.59 Å². The lowest BCUT2D eigenvalue weighted by atomic mass is 10.1. The third-order valence-corrected chi connectivity index (χ3v) is 5.55. The summed E-state index contributed by atoms with van der Waals surface area (Å²) in [5.41, 5.74) is 2.17. The van der Waals surface area contributed by atoms with E-state index < -0.39 is 0 Å². The molecule has 158 valence electrons. The highest BCUT2D eigenvalue weighted by Crippen LogP contribution is 2.22. The number of nitrogens with zero attached hydrogens (tertiary/aromatic N) is 2. The number of para-hydroxylation sites is 1. The number of rotatable bonds is 5. The van der Waals surface area contributed by atoms with Crippen LogP contribution in [0.15, 0.2) is 78.9 Å². The molecular weight excluding hydrogens is 412 g/mol. The Morgan fingerprint density at radius 1 is 0.742 bits per heavy atom. The molecule has 6 heteroatoms. The molecule has 4 rings (SSSR count). The van der Waals surface area contributed by atoms with Gasteiger partial charge in [0.05, 0.1) is 5.56 Å². The molecule has 3 aromatic carbocycles. The molecule has 1 aliphatic rings. The number of benzene rings is 3. The fraction of sp³-hybridized carbons (Fsp3) is 0.200. The number of carbonyl (C=O) groups excluding carboxylic acids is 2. The van der Waals surface area contributed by atoms with E-state index >= 15 is 0 Å². The average Bonchev–Trinajstić information content (AvgIpc) is 2.83.